The minimum atomic E-state index is -0.127. The zero-order chi connectivity index (χ0) is 11.1. The van der Waals surface area contributed by atoms with Crippen LogP contribution in [0.5, 0.6) is 0 Å². The summed E-state index contributed by atoms with van der Waals surface area (Å²) in [5.74, 6) is -0.209. The molecule has 4 heteroatoms. The molecule has 1 saturated carbocycles. The second kappa shape index (κ2) is 6.80. The molecule has 0 aromatic heterocycles. The van der Waals surface area contributed by atoms with Crippen molar-refractivity contribution in [2.45, 2.75) is 38.1 Å². The molecule has 0 radical (unpaired) electrons. The molecule has 0 bridgehead atoms. The van der Waals surface area contributed by atoms with Gasteiger partial charge in [0.15, 0.2) is 0 Å². The van der Waals surface area contributed by atoms with Gasteiger partial charge in [-0.1, -0.05) is 12.8 Å². The van der Waals surface area contributed by atoms with Crippen LogP contribution in [0.15, 0.2) is 0 Å². The Morgan fingerprint density at radius 2 is 2.07 bits per heavy atom. The lowest BCUT2D eigenvalue weighted by Crippen LogP contribution is -2.39. The second-order valence-electron chi connectivity index (χ2n) is 4.07. The zero-order valence-electron chi connectivity index (χ0n) is 9.41. The van der Waals surface area contributed by atoms with E-state index in [-0.39, 0.29) is 17.9 Å². The number of methoxy groups -OCH3 is 1. The molecule has 0 amide bonds. The van der Waals surface area contributed by atoms with Crippen molar-refractivity contribution in [3.8, 4) is 0 Å². The second-order valence-corrected chi connectivity index (χ2v) is 4.07. The van der Waals surface area contributed by atoms with Crippen molar-refractivity contribution in [1.29, 1.82) is 0 Å². The number of nitrogens with two attached hydrogens (primary N) is 1. The van der Waals surface area contributed by atoms with E-state index in [0.717, 1.165) is 32.1 Å². The van der Waals surface area contributed by atoms with E-state index < -0.39 is 0 Å². The minimum Gasteiger partial charge on any atom is -0.465 e. The highest BCUT2D eigenvalue weighted by Crippen LogP contribution is 2.23. The molecule has 2 atom stereocenters. The van der Waals surface area contributed by atoms with Crippen LogP contribution < -0.4 is 5.73 Å². The first-order chi connectivity index (χ1) is 7.25. The van der Waals surface area contributed by atoms with Crippen molar-refractivity contribution in [3.05, 3.63) is 0 Å². The number of hydrogen-bond acceptors (Lipinski definition) is 4. The quantitative estimate of drug-likeness (QED) is 0.550. The van der Waals surface area contributed by atoms with Crippen LogP contribution in [0.25, 0.3) is 0 Å². The molecular formula is C11H21NO3. The van der Waals surface area contributed by atoms with E-state index in [1.165, 1.54) is 0 Å². The summed E-state index contributed by atoms with van der Waals surface area (Å²) in [5, 5.41) is 0. The number of rotatable bonds is 5. The van der Waals surface area contributed by atoms with E-state index in [4.69, 9.17) is 15.2 Å². The molecule has 15 heavy (non-hydrogen) atoms. The molecule has 4 nitrogen and oxygen atoms in total. The minimum absolute atomic E-state index is 0.00586. The Bertz CT molecular complexity index is 196. The number of carbonyl (C=O) groups is 1. The van der Waals surface area contributed by atoms with Crippen LogP contribution in [0, 0.1) is 5.92 Å². The van der Waals surface area contributed by atoms with Gasteiger partial charge in [-0.15, -0.1) is 0 Å². The smallest absolute Gasteiger partial charge is 0.310 e. The molecule has 2 N–H and O–H groups in total. The molecule has 0 aromatic carbocycles. The molecule has 0 heterocycles. The molecule has 1 aliphatic carbocycles. The van der Waals surface area contributed by atoms with Crippen LogP contribution in [0.3, 0.4) is 0 Å². The molecule has 1 rings (SSSR count). The van der Waals surface area contributed by atoms with Gasteiger partial charge in [-0.05, 0) is 12.8 Å². The highest BCUT2D eigenvalue weighted by atomic mass is 16.5. The Hall–Kier alpha value is -0.610. The maximum Gasteiger partial charge on any atom is 0.310 e. The molecule has 0 spiro atoms. The maximum absolute atomic E-state index is 11.6. The third-order valence-corrected chi connectivity index (χ3v) is 2.86. The normalized spacial score (nSPS) is 26.3. The SMILES string of the molecule is COCCCOC(=O)C1CCCCC1N. The van der Waals surface area contributed by atoms with E-state index in [1.807, 2.05) is 0 Å². The standard InChI is InChI=1S/C11H21NO3/c1-14-7-4-8-15-11(13)9-5-2-3-6-10(9)12/h9-10H,2-8,12H2,1H3. The summed E-state index contributed by atoms with van der Waals surface area (Å²) in [4.78, 5) is 11.6. The largest absolute Gasteiger partial charge is 0.465 e. The Kier molecular flexibility index (Phi) is 5.65. The van der Waals surface area contributed by atoms with Gasteiger partial charge in [0.25, 0.3) is 0 Å². The Labute approximate surface area is 91.1 Å². The fraction of sp³-hybridized carbons (Fsp3) is 0.909. The lowest BCUT2D eigenvalue weighted by Gasteiger charge is -2.26. The van der Waals surface area contributed by atoms with Crippen LogP contribution in [0.2, 0.25) is 0 Å². The summed E-state index contributed by atoms with van der Waals surface area (Å²) in [7, 11) is 1.64. The van der Waals surface area contributed by atoms with Gasteiger partial charge in [-0.25, -0.2) is 0 Å². The number of esters is 1. The monoisotopic (exact) mass is 215 g/mol. The van der Waals surface area contributed by atoms with E-state index in [2.05, 4.69) is 0 Å². The fourth-order valence-electron chi connectivity index (χ4n) is 1.94. The highest BCUT2D eigenvalue weighted by molar-refractivity contribution is 5.73. The molecule has 0 saturated heterocycles. The van der Waals surface area contributed by atoms with Crippen molar-refractivity contribution in [2.75, 3.05) is 20.3 Å². The predicted octanol–water partition coefficient (Wildman–Crippen LogP) is 1.08. The average Bonchev–Trinajstić information content (AvgIpc) is 2.25. The molecule has 0 aromatic rings. The van der Waals surface area contributed by atoms with Crippen LogP contribution in [-0.4, -0.2) is 32.3 Å². The summed E-state index contributed by atoms with van der Waals surface area (Å²) in [5.41, 5.74) is 5.88. The predicted molar refractivity (Wildman–Crippen MR) is 57.4 cm³/mol. The molecule has 1 aliphatic rings. The van der Waals surface area contributed by atoms with E-state index in [0.29, 0.717) is 13.2 Å². The molecule has 0 aliphatic heterocycles. The highest BCUT2D eigenvalue weighted by Gasteiger charge is 2.29. The van der Waals surface area contributed by atoms with Gasteiger partial charge in [-0.3, -0.25) is 4.79 Å². The topological polar surface area (TPSA) is 61.5 Å². The van der Waals surface area contributed by atoms with E-state index in [1.54, 1.807) is 7.11 Å². The van der Waals surface area contributed by atoms with Gasteiger partial charge < -0.3 is 15.2 Å². The maximum atomic E-state index is 11.6. The first-order valence-corrected chi connectivity index (χ1v) is 5.67. The Balaban J connectivity index is 2.20. The average molecular weight is 215 g/mol. The van der Waals surface area contributed by atoms with Crippen LogP contribution in [-0.2, 0) is 14.3 Å². The molecule has 1 fully saturated rings. The third kappa shape index (κ3) is 4.18. The van der Waals surface area contributed by atoms with Crippen LogP contribution >= 0.6 is 0 Å². The first kappa shape index (κ1) is 12.5. The molecule has 88 valence electrons. The summed E-state index contributed by atoms with van der Waals surface area (Å²) < 4.78 is 10.0. The first-order valence-electron chi connectivity index (χ1n) is 5.67. The summed E-state index contributed by atoms with van der Waals surface area (Å²) in [6.45, 7) is 1.07. The van der Waals surface area contributed by atoms with Crippen molar-refractivity contribution >= 4 is 5.97 Å². The van der Waals surface area contributed by atoms with Crippen LogP contribution in [0.1, 0.15) is 32.1 Å². The van der Waals surface area contributed by atoms with Gasteiger partial charge >= 0.3 is 5.97 Å². The van der Waals surface area contributed by atoms with Gasteiger partial charge in [0.2, 0.25) is 0 Å². The van der Waals surface area contributed by atoms with Crippen molar-refractivity contribution in [3.63, 3.8) is 0 Å². The molecular weight excluding hydrogens is 194 g/mol. The Morgan fingerprint density at radius 1 is 1.33 bits per heavy atom. The summed E-state index contributed by atoms with van der Waals surface area (Å²) in [6, 6.07) is -0.00586. The molecule has 2 unspecified atom stereocenters. The van der Waals surface area contributed by atoms with Gasteiger partial charge in [0.05, 0.1) is 12.5 Å². The van der Waals surface area contributed by atoms with Crippen molar-refractivity contribution in [2.24, 2.45) is 11.7 Å². The number of carbonyl (C=O) groups excluding carboxylic acids is 1. The fourth-order valence-corrected chi connectivity index (χ4v) is 1.94. The van der Waals surface area contributed by atoms with Crippen LogP contribution in [0.4, 0.5) is 0 Å². The van der Waals surface area contributed by atoms with Crippen molar-refractivity contribution in [1.82, 2.24) is 0 Å². The van der Waals surface area contributed by atoms with E-state index in [9.17, 15) is 4.79 Å². The number of ether oxygens (including phenoxy) is 2. The zero-order valence-corrected chi connectivity index (χ0v) is 9.41. The van der Waals surface area contributed by atoms with E-state index >= 15 is 0 Å². The lowest BCUT2D eigenvalue weighted by atomic mass is 9.85. The van der Waals surface area contributed by atoms with Gasteiger partial charge in [0, 0.05) is 26.2 Å². The van der Waals surface area contributed by atoms with Crippen molar-refractivity contribution < 1.29 is 14.3 Å². The lowest BCUT2D eigenvalue weighted by molar-refractivity contribution is -0.150. The summed E-state index contributed by atoms with van der Waals surface area (Å²) >= 11 is 0. The van der Waals surface area contributed by atoms with Gasteiger partial charge in [0.1, 0.15) is 0 Å². The summed E-state index contributed by atoms with van der Waals surface area (Å²) in [6.07, 6.45) is 4.80. The van der Waals surface area contributed by atoms with Gasteiger partial charge in [-0.2, -0.15) is 0 Å². The number of hydrogen-bond donors (Lipinski definition) is 1. The Morgan fingerprint density at radius 3 is 2.73 bits per heavy atom. The third-order valence-electron chi connectivity index (χ3n) is 2.86.